The molecule has 5 nitrogen and oxygen atoms in total. The van der Waals surface area contributed by atoms with E-state index in [0.29, 0.717) is 6.54 Å². The molecule has 22 heavy (non-hydrogen) atoms. The van der Waals surface area contributed by atoms with Gasteiger partial charge in [0.1, 0.15) is 0 Å². The molecule has 122 valence electrons. The van der Waals surface area contributed by atoms with Gasteiger partial charge in [-0.15, -0.1) is 0 Å². The Balaban J connectivity index is 1.76. The highest BCUT2D eigenvalue weighted by Crippen LogP contribution is 2.39. The third kappa shape index (κ3) is 3.19. The van der Waals surface area contributed by atoms with Gasteiger partial charge >= 0.3 is 0 Å². The van der Waals surface area contributed by atoms with Crippen LogP contribution >= 0.6 is 0 Å². The Morgan fingerprint density at radius 1 is 1.23 bits per heavy atom. The second kappa shape index (κ2) is 5.91. The first kappa shape index (κ1) is 15.9. The molecule has 0 amide bonds. The van der Waals surface area contributed by atoms with Gasteiger partial charge in [-0.3, -0.25) is 9.88 Å². The lowest BCUT2D eigenvalue weighted by atomic mass is 9.87. The maximum Gasteiger partial charge on any atom is 0.211 e. The zero-order chi connectivity index (χ0) is 15.8. The maximum absolute atomic E-state index is 12.1. The molecule has 0 bridgehead atoms. The molecule has 3 rings (SSSR count). The molecule has 1 aromatic rings. The Kier molecular flexibility index (Phi) is 4.27. The molecule has 0 saturated carbocycles. The van der Waals surface area contributed by atoms with Crippen molar-refractivity contribution in [1.29, 1.82) is 0 Å². The van der Waals surface area contributed by atoms with Crippen LogP contribution in [0.3, 0.4) is 0 Å². The molecule has 1 aromatic heterocycles. The highest BCUT2D eigenvalue weighted by atomic mass is 32.2. The highest BCUT2D eigenvalue weighted by molar-refractivity contribution is 7.88. The lowest BCUT2D eigenvalue weighted by Gasteiger charge is -2.44. The predicted molar refractivity (Wildman–Crippen MR) is 87.0 cm³/mol. The average Bonchev–Trinajstić information content (AvgIpc) is 2.82. The number of likely N-dealkylation sites (tertiary alicyclic amines) is 1. The summed E-state index contributed by atoms with van der Waals surface area (Å²) >= 11 is 0. The van der Waals surface area contributed by atoms with Gasteiger partial charge in [-0.05, 0) is 51.3 Å². The molecular formula is C16H25N3O2S. The van der Waals surface area contributed by atoms with Crippen molar-refractivity contribution in [3.63, 3.8) is 0 Å². The fourth-order valence-corrected chi connectivity index (χ4v) is 5.50. The second-order valence-corrected chi connectivity index (χ2v) is 8.65. The van der Waals surface area contributed by atoms with Crippen LogP contribution in [0.5, 0.6) is 0 Å². The summed E-state index contributed by atoms with van der Waals surface area (Å²) in [5.41, 5.74) is 1.92. The van der Waals surface area contributed by atoms with Crippen LogP contribution < -0.4 is 0 Å². The first-order valence-electron chi connectivity index (χ1n) is 8.02. The molecule has 0 aromatic carbocycles. The number of aryl methyl sites for hydroxylation is 1. The lowest BCUT2D eigenvalue weighted by molar-refractivity contribution is 0.0833. The van der Waals surface area contributed by atoms with Gasteiger partial charge in [0.25, 0.3) is 0 Å². The summed E-state index contributed by atoms with van der Waals surface area (Å²) in [4.78, 5) is 6.95. The van der Waals surface area contributed by atoms with E-state index in [-0.39, 0.29) is 5.54 Å². The number of aromatic nitrogens is 1. The first-order valence-corrected chi connectivity index (χ1v) is 9.87. The van der Waals surface area contributed by atoms with Gasteiger partial charge in [0.15, 0.2) is 0 Å². The third-order valence-electron chi connectivity index (χ3n) is 4.90. The number of rotatable bonds is 3. The lowest BCUT2D eigenvalue weighted by Crippen LogP contribution is -2.56. The van der Waals surface area contributed by atoms with E-state index >= 15 is 0 Å². The Bertz CT molecular complexity index is 647. The molecule has 2 fully saturated rings. The van der Waals surface area contributed by atoms with E-state index in [1.165, 1.54) is 6.26 Å². The van der Waals surface area contributed by atoms with E-state index in [0.717, 1.165) is 56.7 Å². The summed E-state index contributed by atoms with van der Waals surface area (Å²) in [6, 6.07) is 6.09. The van der Waals surface area contributed by atoms with Crippen LogP contribution in [0.4, 0.5) is 0 Å². The SMILES string of the molecule is Cc1cccc(CN2CCC[C@]3(CCCN3S(C)(=O)=O)C2)n1. The molecule has 0 radical (unpaired) electrons. The van der Waals surface area contributed by atoms with Crippen molar-refractivity contribution in [2.75, 3.05) is 25.9 Å². The first-order chi connectivity index (χ1) is 10.4. The Morgan fingerprint density at radius 3 is 2.64 bits per heavy atom. The topological polar surface area (TPSA) is 53.5 Å². The van der Waals surface area contributed by atoms with Gasteiger partial charge in [0, 0.05) is 30.9 Å². The smallest absolute Gasteiger partial charge is 0.211 e. The van der Waals surface area contributed by atoms with Crippen molar-refractivity contribution in [3.05, 3.63) is 29.6 Å². The Morgan fingerprint density at radius 2 is 1.95 bits per heavy atom. The van der Waals surface area contributed by atoms with Gasteiger partial charge in [0.05, 0.1) is 11.9 Å². The molecule has 3 heterocycles. The Hall–Kier alpha value is -0.980. The van der Waals surface area contributed by atoms with Crippen molar-refractivity contribution in [3.8, 4) is 0 Å². The van der Waals surface area contributed by atoms with Gasteiger partial charge < -0.3 is 0 Å². The highest BCUT2D eigenvalue weighted by Gasteiger charge is 2.47. The molecule has 0 aliphatic carbocycles. The molecule has 6 heteroatoms. The van der Waals surface area contributed by atoms with Gasteiger partial charge in [0.2, 0.25) is 10.0 Å². The van der Waals surface area contributed by atoms with E-state index in [1.807, 2.05) is 19.1 Å². The summed E-state index contributed by atoms with van der Waals surface area (Å²) in [5, 5.41) is 0. The van der Waals surface area contributed by atoms with Crippen LogP contribution in [-0.4, -0.2) is 54.0 Å². The summed E-state index contributed by atoms with van der Waals surface area (Å²) in [6.07, 6.45) is 5.35. The van der Waals surface area contributed by atoms with Crippen molar-refractivity contribution in [2.24, 2.45) is 0 Å². The molecule has 1 atom stereocenters. The molecule has 2 aliphatic rings. The number of hydrogen-bond donors (Lipinski definition) is 0. The molecule has 2 aliphatic heterocycles. The van der Waals surface area contributed by atoms with Gasteiger partial charge in [-0.25, -0.2) is 8.42 Å². The largest absolute Gasteiger partial charge is 0.296 e. The van der Waals surface area contributed by atoms with Gasteiger partial charge in [-0.1, -0.05) is 6.07 Å². The van der Waals surface area contributed by atoms with E-state index in [1.54, 1.807) is 4.31 Å². The van der Waals surface area contributed by atoms with Crippen LogP contribution in [0.25, 0.3) is 0 Å². The zero-order valence-corrected chi connectivity index (χ0v) is 14.3. The van der Waals surface area contributed by atoms with Crippen molar-refractivity contribution in [2.45, 2.75) is 44.7 Å². The number of piperidine rings is 1. The van der Waals surface area contributed by atoms with Crippen LogP contribution in [0, 0.1) is 6.92 Å². The van der Waals surface area contributed by atoms with E-state index < -0.39 is 10.0 Å². The summed E-state index contributed by atoms with van der Waals surface area (Å²) in [5.74, 6) is 0. The Labute approximate surface area is 133 Å². The minimum absolute atomic E-state index is 0.185. The summed E-state index contributed by atoms with van der Waals surface area (Å²) in [7, 11) is -3.12. The molecular weight excluding hydrogens is 298 g/mol. The fraction of sp³-hybridized carbons (Fsp3) is 0.688. The number of pyridine rings is 1. The van der Waals surface area contributed by atoms with Gasteiger partial charge in [-0.2, -0.15) is 4.31 Å². The van der Waals surface area contributed by atoms with Crippen LogP contribution in [0.1, 0.15) is 37.1 Å². The third-order valence-corrected chi connectivity index (χ3v) is 6.27. The zero-order valence-electron chi connectivity index (χ0n) is 13.5. The maximum atomic E-state index is 12.1. The average molecular weight is 323 g/mol. The molecule has 0 N–H and O–H groups in total. The van der Waals surface area contributed by atoms with Crippen LogP contribution in [0.2, 0.25) is 0 Å². The quantitative estimate of drug-likeness (QED) is 0.851. The second-order valence-electron chi connectivity index (χ2n) is 6.75. The van der Waals surface area contributed by atoms with E-state index in [2.05, 4.69) is 16.0 Å². The number of nitrogens with zero attached hydrogens (tertiary/aromatic N) is 3. The number of sulfonamides is 1. The van der Waals surface area contributed by atoms with Crippen LogP contribution in [-0.2, 0) is 16.6 Å². The van der Waals surface area contributed by atoms with Crippen molar-refractivity contribution >= 4 is 10.0 Å². The van der Waals surface area contributed by atoms with Crippen molar-refractivity contribution < 1.29 is 8.42 Å². The standard InChI is InChI=1S/C16H25N3O2S/c1-14-6-3-7-15(17-14)12-18-10-4-8-16(13-18)9-5-11-19(16)22(2,20)21/h3,6-7H,4-5,8-13H2,1-2H3/t16-/m0/s1. The monoisotopic (exact) mass is 323 g/mol. The normalized spacial score (nSPS) is 27.5. The molecule has 0 unspecified atom stereocenters. The van der Waals surface area contributed by atoms with Crippen molar-refractivity contribution in [1.82, 2.24) is 14.2 Å². The fourth-order valence-electron chi connectivity index (χ4n) is 4.10. The van der Waals surface area contributed by atoms with E-state index in [9.17, 15) is 8.42 Å². The number of hydrogen-bond acceptors (Lipinski definition) is 4. The minimum Gasteiger partial charge on any atom is -0.296 e. The molecule has 1 spiro atoms. The summed E-state index contributed by atoms with van der Waals surface area (Å²) < 4.78 is 26.0. The minimum atomic E-state index is -3.12. The van der Waals surface area contributed by atoms with E-state index in [4.69, 9.17) is 0 Å². The van der Waals surface area contributed by atoms with Crippen LogP contribution in [0.15, 0.2) is 18.2 Å². The predicted octanol–water partition coefficient (Wildman–Crippen LogP) is 1.78. The molecule has 2 saturated heterocycles. The summed E-state index contributed by atoms with van der Waals surface area (Å²) in [6.45, 7) is 5.34.